The molecule has 0 radical (unpaired) electrons. The molecule has 1 heterocycles. The molecule has 0 amide bonds. The summed E-state index contributed by atoms with van der Waals surface area (Å²) in [5.74, 6) is -0.340. The summed E-state index contributed by atoms with van der Waals surface area (Å²) in [4.78, 5) is 17.3. The Kier molecular flexibility index (Phi) is 4.72. The number of halogens is 1. The van der Waals surface area contributed by atoms with E-state index in [1.807, 2.05) is 42.5 Å². The Morgan fingerprint density at radius 2 is 1.91 bits per heavy atom. The molecule has 0 N–H and O–H groups in total. The van der Waals surface area contributed by atoms with Crippen LogP contribution >= 0.6 is 22.6 Å². The van der Waals surface area contributed by atoms with Crippen molar-refractivity contribution >= 4 is 34.3 Å². The van der Waals surface area contributed by atoms with Crippen LogP contribution in [-0.2, 0) is 9.57 Å². The fourth-order valence-electron chi connectivity index (χ4n) is 2.16. The zero-order valence-electron chi connectivity index (χ0n) is 11.7. The third-order valence-electron chi connectivity index (χ3n) is 3.32. The van der Waals surface area contributed by atoms with Crippen molar-refractivity contribution in [2.45, 2.75) is 12.5 Å². The lowest BCUT2D eigenvalue weighted by molar-refractivity contribution is 0.00686. The first-order valence-electron chi connectivity index (χ1n) is 6.93. The van der Waals surface area contributed by atoms with E-state index in [1.165, 1.54) is 0 Å². The maximum atomic E-state index is 11.9. The van der Waals surface area contributed by atoms with Crippen molar-refractivity contribution in [2.75, 3.05) is 6.61 Å². The molecule has 0 saturated carbocycles. The predicted molar refractivity (Wildman–Crippen MR) is 91.9 cm³/mol. The van der Waals surface area contributed by atoms with Gasteiger partial charge in [0.2, 0.25) is 0 Å². The lowest BCUT2D eigenvalue weighted by Crippen LogP contribution is -2.19. The van der Waals surface area contributed by atoms with Crippen LogP contribution in [0.1, 0.15) is 22.3 Å². The highest BCUT2D eigenvalue weighted by molar-refractivity contribution is 14.1. The summed E-state index contributed by atoms with van der Waals surface area (Å²) >= 11 is 2.19. The van der Waals surface area contributed by atoms with Gasteiger partial charge in [-0.15, -0.1) is 0 Å². The van der Waals surface area contributed by atoms with Gasteiger partial charge in [0.1, 0.15) is 6.61 Å². The van der Waals surface area contributed by atoms with Crippen molar-refractivity contribution in [2.24, 2.45) is 5.16 Å². The fraction of sp³-hybridized carbons (Fsp3) is 0.176. The molecule has 22 heavy (non-hydrogen) atoms. The minimum absolute atomic E-state index is 0.199. The third-order valence-corrected chi connectivity index (χ3v) is 4.04. The monoisotopic (exact) mass is 407 g/mol. The van der Waals surface area contributed by atoms with E-state index in [0.29, 0.717) is 12.0 Å². The van der Waals surface area contributed by atoms with Crippen LogP contribution < -0.4 is 0 Å². The van der Waals surface area contributed by atoms with Crippen LogP contribution in [0.5, 0.6) is 0 Å². The molecule has 112 valence electrons. The summed E-state index contributed by atoms with van der Waals surface area (Å²) in [5.41, 5.74) is 2.47. The van der Waals surface area contributed by atoms with Gasteiger partial charge in [-0.25, -0.2) is 4.79 Å². The van der Waals surface area contributed by atoms with Gasteiger partial charge in [-0.05, 0) is 52.4 Å². The highest BCUT2D eigenvalue weighted by atomic mass is 127. The van der Waals surface area contributed by atoms with E-state index in [4.69, 9.17) is 9.57 Å². The molecule has 0 bridgehead atoms. The molecule has 1 aliphatic heterocycles. The molecule has 0 aromatic heterocycles. The first kappa shape index (κ1) is 15.0. The number of benzene rings is 2. The van der Waals surface area contributed by atoms with E-state index in [0.717, 1.165) is 14.8 Å². The van der Waals surface area contributed by atoms with Gasteiger partial charge in [0.05, 0.1) is 11.3 Å². The Morgan fingerprint density at radius 3 is 2.64 bits per heavy atom. The number of oxime groups is 1. The van der Waals surface area contributed by atoms with Crippen LogP contribution in [0.2, 0.25) is 0 Å². The zero-order valence-corrected chi connectivity index (χ0v) is 13.9. The third kappa shape index (κ3) is 3.65. The van der Waals surface area contributed by atoms with E-state index in [-0.39, 0.29) is 18.7 Å². The molecule has 2 aromatic rings. The summed E-state index contributed by atoms with van der Waals surface area (Å²) in [5, 5.41) is 4.07. The number of hydrogen-bond donors (Lipinski definition) is 0. The van der Waals surface area contributed by atoms with Gasteiger partial charge in [0, 0.05) is 9.99 Å². The van der Waals surface area contributed by atoms with Crippen LogP contribution in [-0.4, -0.2) is 24.4 Å². The molecule has 1 atom stereocenters. The first-order chi connectivity index (χ1) is 10.7. The van der Waals surface area contributed by atoms with Crippen molar-refractivity contribution in [3.8, 4) is 0 Å². The molecule has 0 saturated heterocycles. The van der Waals surface area contributed by atoms with E-state index < -0.39 is 0 Å². The number of carbonyl (C=O) groups excluding carboxylic acids is 1. The number of nitrogens with zero attached hydrogens (tertiary/aromatic N) is 1. The van der Waals surface area contributed by atoms with Crippen molar-refractivity contribution in [1.82, 2.24) is 0 Å². The van der Waals surface area contributed by atoms with Crippen molar-refractivity contribution < 1.29 is 14.4 Å². The molecule has 0 unspecified atom stereocenters. The van der Waals surface area contributed by atoms with Crippen LogP contribution in [0, 0.1) is 3.57 Å². The predicted octanol–water partition coefficient (Wildman–Crippen LogP) is 3.64. The van der Waals surface area contributed by atoms with Crippen LogP contribution in [0.25, 0.3) is 0 Å². The summed E-state index contributed by atoms with van der Waals surface area (Å²) in [7, 11) is 0. The fourth-order valence-corrected chi connectivity index (χ4v) is 2.52. The minimum Gasteiger partial charge on any atom is -0.458 e. The molecule has 0 spiro atoms. The second-order valence-electron chi connectivity index (χ2n) is 4.94. The van der Waals surface area contributed by atoms with Gasteiger partial charge in [-0.2, -0.15) is 0 Å². The van der Waals surface area contributed by atoms with Crippen molar-refractivity contribution in [3.63, 3.8) is 0 Å². The molecule has 0 aliphatic carbocycles. The maximum Gasteiger partial charge on any atom is 0.338 e. The van der Waals surface area contributed by atoms with E-state index in [2.05, 4.69) is 27.7 Å². The number of rotatable bonds is 4. The molecular formula is C17H14INO3. The van der Waals surface area contributed by atoms with Gasteiger partial charge in [-0.3, -0.25) is 0 Å². The smallest absolute Gasteiger partial charge is 0.338 e. The average molecular weight is 407 g/mol. The molecular weight excluding hydrogens is 393 g/mol. The molecule has 3 rings (SSSR count). The Bertz CT molecular complexity index is 683. The van der Waals surface area contributed by atoms with E-state index >= 15 is 0 Å². The SMILES string of the molecule is O=C(OC[C@@H]1CC(c2ccccc2)=NO1)c1ccc(I)cc1. The summed E-state index contributed by atoms with van der Waals surface area (Å²) < 4.78 is 6.37. The Morgan fingerprint density at radius 1 is 1.18 bits per heavy atom. The number of esters is 1. The summed E-state index contributed by atoms with van der Waals surface area (Å²) in [6.45, 7) is 0.199. The minimum atomic E-state index is -0.340. The Balaban J connectivity index is 1.52. The maximum absolute atomic E-state index is 11.9. The number of ether oxygens (including phenoxy) is 1. The molecule has 5 heteroatoms. The molecule has 2 aromatic carbocycles. The number of hydrogen-bond acceptors (Lipinski definition) is 4. The largest absolute Gasteiger partial charge is 0.458 e. The highest BCUT2D eigenvalue weighted by Crippen LogP contribution is 2.17. The van der Waals surface area contributed by atoms with Crippen LogP contribution in [0.4, 0.5) is 0 Å². The Labute approximate surface area is 142 Å². The molecule has 1 aliphatic rings. The first-order valence-corrected chi connectivity index (χ1v) is 8.01. The van der Waals surface area contributed by atoms with Gasteiger partial charge in [-0.1, -0.05) is 35.5 Å². The van der Waals surface area contributed by atoms with Crippen LogP contribution in [0.3, 0.4) is 0 Å². The van der Waals surface area contributed by atoms with E-state index in [1.54, 1.807) is 12.1 Å². The molecule has 4 nitrogen and oxygen atoms in total. The average Bonchev–Trinajstić information content (AvgIpc) is 3.03. The number of carbonyl (C=O) groups is 1. The summed E-state index contributed by atoms with van der Waals surface area (Å²) in [6, 6.07) is 17.1. The highest BCUT2D eigenvalue weighted by Gasteiger charge is 2.23. The lowest BCUT2D eigenvalue weighted by atomic mass is 10.1. The van der Waals surface area contributed by atoms with Crippen molar-refractivity contribution in [3.05, 3.63) is 69.3 Å². The van der Waals surface area contributed by atoms with Gasteiger partial charge >= 0.3 is 5.97 Å². The summed E-state index contributed by atoms with van der Waals surface area (Å²) in [6.07, 6.45) is 0.423. The standard InChI is InChI=1S/C17H14INO3/c18-14-8-6-13(7-9-14)17(20)21-11-15-10-16(19-22-15)12-4-2-1-3-5-12/h1-9,15H,10-11H2/t15-/m0/s1. The molecule has 0 fully saturated rings. The van der Waals surface area contributed by atoms with Crippen molar-refractivity contribution in [1.29, 1.82) is 0 Å². The normalized spacial score (nSPS) is 16.8. The lowest BCUT2D eigenvalue weighted by Gasteiger charge is -2.09. The second-order valence-corrected chi connectivity index (χ2v) is 6.19. The zero-order chi connectivity index (χ0) is 15.4. The van der Waals surface area contributed by atoms with Crippen LogP contribution in [0.15, 0.2) is 59.8 Å². The Hall–Kier alpha value is -1.89. The van der Waals surface area contributed by atoms with Gasteiger partial charge in [0.25, 0.3) is 0 Å². The quantitative estimate of drug-likeness (QED) is 0.575. The van der Waals surface area contributed by atoms with Gasteiger partial charge in [0.15, 0.2) is 6.10 Å². The topological polar surface area (TPSA) is 47.9 Å². The van der Waals surface area contributed by atoms with Gasteiger partial charge < -0.3 is 9.57 Å². The second kappa shape index (κ2) is 6.91. The van der Waals surface area contributed by atoms with E-state index in [9.17, 15) is 4.79 Å².